The topological polar surface area (TPSA) is 73.5 Å². The maximum absolute atomic E-state index is 15.0. The van der Waals surface area contributed by atoms with Crippen LogP contribution in [0, 0.1) is 17.5 Å². The van der Waals surface area contributed by atoms with Crippen molar-refractivity contribution in [1.29, 1.82) is 0 Å². The number of nitrogens with zero attached hydrogens (tertiary/aromatic N) is 3. The summed E-state index contributed by atoms with van der Waals surface area (Å²) >= 11 is 0. The second-order valence-corrected chi connectivity index (χ2v) is 9.39. The molecule has 1 amide bonds. The average Bonchev–Trinajstić information content (AvgIpc) is 3.19. The van der Waals surface area contributed by atoms with Crippen LogP contribution in [0.3, 0.4) is 0 Å². The van der Waals surface area contributed by atoms with Crippen LogP contribution < -0.4 is 10.1 Å². The number of hydrogen-bond acceptors (Lipinski definition) is 5. The molecule has 0 aliphatic carbocycles. The Balaban J connectivity index is 1.31. The molecule has 1 fully saturated rings. The van der Waals surface area contributed by atoms with E-state index in [1.165, 1.54) is 12.1 Å². The Kier molecular flexibility index (Phi) is 7.62. The number of pyridine rings is 1. The number of fused-ring (bicyclic) bond motifs is 1. The van der Waals surface area contributed by atoms with Crippen LogP contribution in [-0.2, 0) is 6.42 Å². The zero-order valence-electron chi connectivity index (χ0n) is 20.9. The summed E-state index contributed by atoms with van der Waals surface area (Å²) in [5, 5.41) is 3.11. The van der Waals surface area contributed by atoms with Crippen LogP contribution >= 0.6 is 0 Å². The number of hydrogen-bond donors (Lipinski definition) is 2. The van der Waals surface area contributed by atoms with Crippen molar-refractivity contribution in [2.24, 2.45) is 0 Å². The first-order chi connectivity index (χ1) is 18.4. The quantitative estimate of drug-likeness (QED) is 0.348. The molecule has 5 rings (SSSR count). The number of benzene rings is 2. The number of rotatable bonds is 7. The molecule has 10 heteroatoms. The highest BCUT2D eigenvalue weighted by atomic mass is 19.1. The van der Waals surface area contributed by atoms with E-state index in [9.17, 15) is 18.0 Å². The van der Waals surface area contributed by atoms with Crippen LogP contribution in [-0.4, -0.2) is 65.4 Å². The van der Waals surface area contributed by atoms with Gasteiger partial charge in [-0.1, -0.05) is 6.07 Å². The van der Waals surface area contributed by atoms with Gasteiger partial charge in [0.25, 0.3) is 5.91 Å². The van der Waals surface area contributed by atoms with E-state index in [-0.39, 0.29) is 11.4 Å². The fraction of sp³-hybridized carbons (Fsp3) is 0.286. The van der Waals surface area contributed by atoms with Gasteiger partial charge in [-0.25, -0.2) is 18.2 Å². The molecule has 2 aromatic carbocycles. The molecule has 0 radical (unpaired) electrons. The molecule has 0 bridgehead atoms. The Morgan fingerprint density at radius 2 is 1.84 bits per heavy atom. The molecule has 3 heterocycles. The van der Waals surface area contributed by atoms with Crippen LogP contribution in [0.1, 0.15) is 22.3 Å². The highest BCUT2D eigenvalue weighted by molar-refractivity contribution is 6.04. The molecular weight excluding hydrogens is 495 g/mol. The van der Waals surface area contributed by atoms with Gasteiger partial charge in [0.2, 0.25) is 0 Å². The van der Waals surface area contributed by atoms with E-state index in [2.05, 4.69) is 32.1 Å². The average molecular weight is 524 g/mol. The summed E-state index contributed by atoms with van der Waals surface area (Å²) in [5.74, 6) is -3.38. The van der Waals surface area contributed by atoms with E-state index in [1.54, 1.807) is 12.3 Å². The highest BCUT2D eigenvalue weighted by Gasteiger charge is 2.19. The predicted molar refractivity (Wildman–Crippen MR) is 139 cm³/mol. The molecule has 0 unspecified atom stereocenters. The van der Waals surface area contributed by atoms with Crippen LogP contribution in [0.25, 0.3) is 11.0 Å². The van der Waals surface area contributed by atoms with Crippen LogP contribution in [0.2, 0.25) is 0 Å². The van der Waals surface area contributed by atoms with Gasteiger partial charge < -0.3 is 24.8 Å². The summed E-state index contributed by atoms with van der Waals surface area (Å²) in [6.45, 7) is 5.08. The number of halogens is 3. The van der Waals surface area contributed by atoms with Gasteiger partial charge in [0, 0.05) is 43.8 Å². The maximum Gasteiger partial charge on any atom is 0.261 e. The van der Waals surface area contributed by atoms with E-state index >= 15 is 0 Å². The molecule has 0 spiro atoms. The summed E-state index contributed by atoms with van der Waals surface area (Å²) in [7, 11) is 2.14. The van der Waals surface area contributed by atoms with Gasteiger partial charge in [-0.2, -0.15) is 0 Å². The number of nitrogens with one attached hydrogen (secondary N) is 2. The zero-order valence-corrected chi connectivity index (χ0v) is 20.9. The monoisotopic (exact) mass is 523 g/mol. The van der Waals surface area contributed by atoms with E-state index in [0.717, 1.165) is 80.8 Å². The third-order valence-corrected chi connectivity index (χ3v) is 6.73. The lowest BCUT2D eigenvalue weighted by molar-refractivity contribution is 0.101. The third kappa shape index (κ3) is 5.66. The second kappa shape index (κ2) is 11.2. The second-order valence-electron chi connectivity index (χ2n) is 9.39. The van der Waals surface area contributed by atoms with Gasteiger partial charge in [0.1, 0.15) is 28.6 Å². The van der Waals surface area contributed by atoms with Gasteiger partial charge in [-0.15, -0.1) is 0 Å². The van der Waals surface area contributed by atoms with Crippen molar-refractivity contribution in [3.63, 3.8) is 0 Å². The molecule has 1 aliphatic heterocycles. The van der Waals surface area contributed by atoms with Gasteiger partial charge in [0.15, 0.2) is 11.6 Å². The minimum atomic E-state index is -1.02. The van der Waals surface area contributed by atoms with Crippen molar-refractivity contribution >= 4 is 22.6 Å². The molecule has 198 valence electrons. The predicted octanol–water partition coefficient (Wildman–Crippen LogP) is 5.20. The van der Waals surface area contributed by atoms with Crippen LogP contribution in [0.4, 0.5) is 18.9 Å². The fourth-order valence-corrected chi connectivity index (χ4v) is 4.66. The van der Waals surface area contributed by atoms with E-state index < -0.39 is 28.9 Å². The van der Waals surface area contributed by atoms with Crippen LogP contribution in [0.5, 0.6) is 11.5 Å². The summed E-state index contributed by atoms with van der Waals surface area (Å²) < 4.78 is 48.7. The van der Waals surface area contributed by atoms with Crippen molar-refractivity contribution in [3.05, 3.63) is 83.4 Å². The Bertz CT molecular complexity index is 1440. The summed E-state index contributed by atoms with van der Waals surface area (Å²) in [6, 6.07) is 8.60. The first kappa shape index (κ1) is 25.7. The lowest BCUT2D eigenvalue weighted by Gasteiger charge is -2.19. The molecule has 38 heavy (non-hydrogen) atoms. The lowest BCUT2D eigenvalue weighted by atomic mass is 10.1. The number of amides is 1. The number of carbonyl (C=O) groups excluding carboxylic acids is 1. The minimum Gasteiger partial charge on any atom is -0.453 e. The summed E-state index contributed by atoms with van der Waals surface area (Å²) in [6.07, 6.45) is 5.40. The van der Waals surface area contributed by atoms with Crippen molar-refractivity contribution in [1.82, 2.24) is 19.8 Å². The molecule has 7 nitrogen and oxygen atoms in total. The normalized spacial score (nSPS) is 14.9. The third-order valence-electron chi connectivity index (χ3n) is 6.73. The summed E-state index contributed by atoms with van der Waals surface area (Å²) in [5.41, 5.74) is 0.966. The number of anilines is 1. The zero-order chi connectivity index (χ0) is 26.6. The first-order valence-corrected chi connectivity index (χ1v) is 12.5. The van der Waals surface area contributed by atoms with Gasteiger partial charge in [-0.05, 0) is 68.9 Å². The fourth-order valence-electron chi connectivity index (χ4n) is 4.66. The Morgan fingerprint density at radius 1 is 1.03 bits per heavy atom. The Labute approximate surface area is 218 Å². The SMILES string of the molecule is CN1CCCN(CCc2c[nH]c3nccc(Oc4ccc(NC(=O)c5c(F)cccc5F)cc4F)c23)CC1. The highest BCUT2D eigenvalue weighted by Crippen LogP contribution is 2.33. The number of likely N-dealkylation sites (N-methyl/N-ethyl adjacent to an activating group) is 1. The molecule has 1 saturated heterocycles. The Hall–Kier alpha value is -3.89. The Morgan fingerprint density at radius 3 is 2.63 bits per heavy atom. The number of H-pyrrole nitrogens is 1. The standard InChI is InChI=1S/C28H28F3N5O2/c1-35-11-3-12-36(15-14-35)13-9-18-17-33-27-25(18)24(8-10-32-27)38-23-7-6-19(16-22(23)31)34-28(37)26-20(29)4-2-5-21(26)30/h2,4-8,10,16-17H,3,9,11-15H2,1H3,(H,32,33)(H,34,37). The molecule has 0 saturated carbocycles. The first-order valence-electron chi connectivity index (χ1n) is 12.5. The van der Waals surface area contributed by atoms with Gasteiger partial charge in [-0.3, -0.25) is 4.79 Å². The smallest absolute Gasteiger partial charge is 0.261 e. The minimum absolute atomic E-state index is 0.0350. The molecule has 0 atom stereocenters. The number of carbonyl (C=O) groups is 1. The van der Waals surface area contributed by atoms with E-state index in [4.69, 9.17) is 4.74 Å². The number of aromatic nitrogens is 2. The van der Waals surface area contributed by atoms with Crippen molar-refractivity contribution in [3.8, 4) is 11.5 Å². The van der Waals surface area contributed by atoms with Crippen molar-refractivity contribution in [2.45, 2.75) is 12.8 Å². The molecule has 2 aromatic heterocycles. The lowest BCUT2D eigenvalue weighted by Crippen LogP contribution is -2.30. The summed E-state index contributed by atoms with van der Waals surface area (Å²) in [4.78, 5) is 24.7. The molecule has 1 aliphatic rings. The van der Waals surface area contributed by atoms with E-state index in [0.29, 0.717) is 11.4 Å². The molecular formula is C28H28F3N5O2. The van der Waals surface area contributed by atoms with Crippen molar-refractivity contribution < 1.29 is 22.7 Å². The van der Waals surface area contributed by atoms with E-state index in [1.807, 2.05) is 6.20 Å². The number of aromatic amines is 1. The van der Waals surface area contributed by atoms with Crippen LogP contribution in [0.15, 0.2) is 54.9 Å². The van der Waals surface area contributed by atoms with Gasteiger partial charge in [0.05, 0.1) is 5.39 Å². The van der Waals surface area contributed by atoms with Gasteiger partial charge >= 0.3 is 0 Å². The maximum atomic E-state index is 15.0. The largest absolute Gasteiger partial charge is 0.453 e. The molecule has 2 N–H and O–H groups in total. The molecule has 4 aromatic rings. The van der Waals surface area contributed by atoms with Crippen molar-refractivity contribution in [2.75, 3.05) is 45.1 Å². The number of ether oxygens (including phenoxy) is 1.